The third-order valence-corrected chi connectivity index (χ3v) is 4.65. The summed E-state index contributed by atoms with van der Waals surface area (Å²) >= 11 is 0. The highest BCUT2D eigenvalue weighted by atomic mass is 16.5. The van der Waals surface area contributed by atoms with Gasteiger partial charge >= 0.3 is 5.97 Å². The molecule has 1 aromatic carbocycles. The van der Waals surface area contributed by atoms with Gasteiger partial charge in [0.1, 0.15) is 6.61 Å². The highest BCUT2D eigenvalue weighted by Gasteiger charge is 2.34. The van der Waals surface area contributed by atoms with Gasteiger partial charge in [-0.15, -0.1) is 12.2 Å². The predicted molar refractivity (Wildman–Crippen MR) is 90.6 cm³/mol. The molecule has 0 saturated heterocycles. The number of carbonyl (C=O) groups is 1. The van der Waals surface area contributed by atoms with Gasteiger partial charge in [0.05, 0.1) is 6.61 Å². The summed E-state index contributed by atoms with van der Waals surface area (Å²) in [6.07, 6.45) is -1.73. The summed E-state index contributed by atoms with van der Waals surface area (Å²) < 4.78 is 5.05. The van der Waals surface area contributed by atoms with Gasteiger partial charge in [0.2, 0.25) is 0 Å². The lowest BCUT2D eigenvalue weighted by Crippen LogP contribution is -2.64. The molecule has 1 aromatic rings. The molecule has 0 amide bonds. The van der Waals surface area contributed by atoms with Crippen LogP contribution in [0.1, 0.15) is 18.4 Å². The number of hydrogen-bond acceptors (Lipinski definition) is 6. The normalized spacial score (nSPS) is 24.4. The Bertz CT molecular complexity index is 637. The molecule has 0 heterocycles. The molecule has 26 heavy (non-hydrogen) atoms. The molecule has 1 saturated carbocycles. The summed E-state index contributed by atoms with van der Waals surface area (Å²) in [4.78, 5) is 15.1. The van der Waals surface area contributed by atoms with Gasteiger partial charge in [0.15, 0.2) is 0 Å². The van der Waals surface area contributed by atoms with E-state index < -0.39 is 24.1 Å². The predicted octanol–water partition coefficient (Wildman–Crippen LogP) is 0.0956. The lowest BCUT2D eigenvalue weighted by Gasteiger charge is -2.60. The third kappa shape index (κ3) is 4.86. The summed E-state index contributed by atoms with van der Waals surface area (Å²) in [7, 11) is 0. The second-order valence-electron chi connectivity index (χ2n) is 6.29. The molecule has 9 heteroatoms. The van der Waals surface area contributed by atoms with Crippen LogP contribution in [-0.2, 0) is 9.53 Å². The van der Waals surface area contributed by atoms with Gasteiger partial charge < -0.3 is 25.0 Å². The largest absolute Gasteiger partial charge is 0.851 e. The number of ether oxygens (including phenoxy) is 1. The Labute approximate surface area is 151 Å². The van der Waals surface area contributed by atoms with Crippen LogP contribution in [0, 0.1) is 5.92 Å². The van der Waals surface area contributed by atoms with Crippen molar-refractivity contribution in [3.05, 3.63) is 40.3 Å². The zero-order valence-electron chi connectivity index (χ0n) is 14.5. The van der Waals surface area contributed by atoms with Gasteiger partial charge in [-0.1, -0.05) is 30.1 Å². The van der Waals surface area contributed by atoms with Gasteiger partial charge in [0.25, 0.3) is 0 Å². The number of aliphatic carboxylic acids is 1. The molecule has 0 aliphatic heterocycles. The lowest BCUT2D eigenvalue weighted by molar-refractivity contribution is -0.547. The van der Waals surface area contributed by atoms with E-state index in [0.717, 1.165) is 11.3 Å². The van der Waals surface area contributed by atoms with E-state index >= 15 is 0 Å². The monoisotopic (exact) mass is 362 g/mol. The van der Waals surface area contributed by atoms with Crippen molar-refractivity contribution < 1.29 is 24.9 Å². The number of carboxylic acids is 1. The van der Waals surface area contributed by atoms with Gasteiger partial charge in [-0.2, -0.15) is 0 Å². The highest BCUT2D eigenvalue weighted by Crippen LogP contribution is 2.39. The first-order valence-corrected chi connectivity index (χ1v) is 8.42. The topological polar surface area (TPSA) is 145 Å². The molecular formula is C17H22N4O5-2. The molecule has 9 nitrogen and oxygen atoms in total. The maximum Gasteiger partial charge on any atom is 0.329 e. The van der Waals surface area contributed by atoms with E-state index in [1.807, 2.05) is 17.0 Å². The van der Waals surface area contributed by atoms with Crippen LogP contribution in [0.25, 0.3) is 10.4 Å². The first kappa shape index (κ1) is 20.0. The molecule has 2 unspecified atom stereocenters. The van der Waals surface area contributed by atoms with E-state index in [0.29, 0.717) is 13.1 Å². The SMILES string of the molecule is CC1C([O-])C(c2ccc(N(CCN=[N+]=[N-])CCOCC(=O)O)cc2)C1[O-]. The second kappa shape index (κ2) is 9.40. The number of nitrogens with zero attached hydrogens (tertiary/aromatic N) is 4. The molecule has 1 aliphatic rings. The minimum absolute atomic E-state index is 0.204. The van der Waals surface area contributed by atoms with Crippen molar-refractivity contribution in [3.63, 3.8) is 0 Å². The van der Waals surface area contributed by atoms with Crippen LogP contribution < -0.4 is 15.1 Å². The molecule has 0 radical (unpaired) electrons. The van der Waals surface area contributed by atoms with Crippen molar-refractivity contribution >= 4 is 11.7 Å². The number of benzene rings is 1. The van der Waals surface area contributed by atoms with Crippen molar-refractivity contribution in [2.75, 3.05) is 37.7 Å². The summed E-state index contributed by atoms with van der Waals surface area (Å²) in [6.45, 7) is 2.63. The summed E-state index contributed by atoms with van der Waals surface area (Å²) in [5.41, 5.74) is 9.98. The van der Waals surface area contributed by atoms with Crippen LogP contribution in [0.2, 0.25) is 0 Å². The molecule has 0 bridgehead atoms. The molecule has 1 N–H and O–H groups in total. The van der Waals surface area contributed by atoms with E-state index in [4.69, 9.17) is 15.4 Å². The van der Waals surface area contributed by atoms with Crippen molar-refractivity contribution in [1.29, 1.82) is 0 Å². The van der Waals surface area contributed by atoms with Crippen LogP contribution in [0.5, 0.6) is 0 Å². The Kier molecular flexibility index (Phi) is 7.23. The molecule has 2 atom stereocenters. The second-order valence-corrected chi connectivity index (χ2v) is 6.29. The van der Waals surface area contributed by atoms with Crippen molar-refractivity contribution in [2.45, 2.75) is 25.0 Å². The fraction of sp³-hybridized carbons (Fsp3) is 0.588. The Morgan fingerprint density at radius 2 is 1.96 bits per heavy atom. The first-order valence-electron chi connectivity index (χ1n) is 8.42. The minimum Gasteiger partial charge on any atom is -0.851 e. The van der Waals surface area contributed by atoms with Gasteiger partial charge in [-0.3, -0.25) is 0 Å². The van der Waals surface area contributed by atoms with Crippen molar-refractivity contribution in [2.24, 2.45) is 11.0 Å². The van der Waals surface area contributed by atoms with Crippen LogP contribution in [0.4, 0.5) is 5.69 Å². The number of azide groups is 1. The van der Waals surface area contributed by atoms with Gasteiger partial charge in [-0.25, -0.2) is 4.79 Å². The molecule has 0 aromatic heterocycles. The standard InChI is InChI=1S/C17H22N4O5/c1-11-16(24)15(17(11)25)12-2-4-13(5-3-12)21(7-6-19-20-18)8-9-26-10-14(22)23/h2-5,11,15-17H,6-10H2,1H3,(H,22,23)/q-2. The molecule has 1 fully saturated rings. The van der Waals surface area contributed by atoms with E-state index in [1.165, 1.54) is 0 Å². The molecule has 1 aliphatic carbocycles. The Balaban J connectivity index is 2.01. The fourth-order valence-corrected chi connectivity index (χ4v) is 3.08. The van der Waals surface area contributed by atoms with Crippen molar-refractivity contribution in [3.8, 4) is 0 Å². The smallest absolute Gasteiger partial charge is 0.329 e. The summed E-state index contributed by atoms with van der Waals surface area (Å²) in [6, 6.07) is 7.18. The average Bonchev–Trinajstić information content (AvgIpc) is 2.64. The molecular weight excluding hydrogens is 340 g/mol. The van der Waals surface area contributed by atoms with Crippen molar-refractivity contribution in [1.82, 2.24) is 0 Å². The van der Waals surface area contributed by atoms with E-state index in [2.05, 4.69) is 10.0 Å². The third-order valence-electron chi connectivity index (χ3n) is 4.65. The van der Waals surface area contributed by atoms with Crippen LogP contribution in [0.3, 0.4) is 0 Å². The summed E-state index contributed by atoms with van der Waals surface area (Å²) in [5.74, 6) is -1.90. The zero-order chi connectivity index (χ0) is 19.1. The maximum absolute atomic E-state index is 12.0. The maximum atomic E-state index is 12.0. The van der Waals surface area contributed by atoms with Gasteiger partial charge in [0, 0.05) is 30.2 Å². The number of rotatable bonds is 10. The highest BCUT2D eigenvalue weighted by molar-refractivity contribution is 5.68. The quantitative estimate of drug-likeness (QED) is 0.270. The van der Waals surface area contributed by atoms with Crippen LogP contribution in [-0.4, -0.2) is 56.1 Å². The molecule has 0 spiro atoms. The van der Waals surface area contributed by atoms with E-state index in [1.54, 1.807) is 19.1 Å². The first-order chi connectivity index (χ1) is 12.5. The Hall–Kier alpha value is -2.32. The van der Waals surface area contributed by atoms with Crippen LogP contribution in [0.15, 0.2) is 29.4 Å². The summed E-state index contributed by atoms with van der Waals surface area (Å²) in [5, 5.41) is 36.0. The lowest BCUT2D eigenvalue weighted by atomic mass is 9.67. The zero-order valence-corrected chi connectivity index (χ0v) is 14.5. The van der Waals surface area contributed by atoms with Crippen LogP contribution >= 0.6 is 0 Å². The Morgan fingerprint density at radius 3 is 2.54 bits per heavy atom. The molecule has 142 valence electrons. The number of carboxylic acid groups (broad SMARTS) is 1. The number of hydrogen-bond donors (Lipinski definition) is 1. The number of anilines is 1. The minimum atomic E-state index is -1.04. The fourth-order valence-electron chi connectivity index (χ4n) is 3.08. The van der Waals surface area contributed by atoms with E-state index in [-0.39, 0.29) is 25.7 Å². The average molecular weight is 362 g/mol. The van der Waals surface area contributed by atoms with Gasteiger partial charge in [-0.05, 0) is 29.1 Å². The molecule has 2 rings (SSSR count). The van der Waals surface area contributed by atoms with E-state index in [9.17, 15) is 15.0 Å². The Morgan fingerprint density at radius 1 is 1.31 bits per heavy atom.